The van der Waals surface area contributed by atoms with E-state index in [1.165, 1.54) is 30.5 Å². The first kappa shape index (κ1) is 10.5. The van der Waals surface area contributed by atoms with Crippen LogP contribution < -0.4 is 0 Å². The van der Waals surface area contributed by atoms with Crippen molar-refractivity contribution in [2.24, 2.45) is 0 Å². The highest BCUT2D eigenvalue weighted by Crippen LogP contribution is 2.05. The lowest BCUT2D eigenvalue weighted by molar-refractivity contribution is 0.0587. The molecule has 0 saturated heterocycles. The minimum Gasteiger partial charge on any atom is -0.463 e. The van der Waals surface area contributed by atoms with Crippen LogP contribution in [0.25, 0.3) is 5.95 Å². The summed E-state index contributed by atoms with van der Waals surface area (Å²) in [7, 11) is 1.25. The number of esters is 1. The maximum atomic E-state index is 11.1. The SMILES string of the molecule is COC(=O)c1ncn(-c2ncc(Cl)cn2)n1. The number of nitrogens with zero attached hydrogens (tertiary/aromatic N) is 5. The Kier molecular flexibility index (Phi) is 2.78. The maximum absolute atomic E-state index is 11.1. The fraction of sp³-hybridized carbons (Fsp3) is 0.125. The lowest BCUT2D eigenvalue weighted by atomic mass is 10.6. The van der Waals surface area contributed by atoms with Crippen LogP contribution in [0, 0.1) is 0 Å². The van der Waals surface area contributed by atoms with Crippen molar-refractivity contribution in [2.45, 2.75) is 0 Å². The predicted octanol–water partition coefficient (Wildman–Crippen LogP) is 0.497. The number of halogens is 1. The molecule has 82 valence electrons. The molecule has 2 heterocycles. The van der Waals surface area contributed by atoms with Crippen molar-refractivity contribution in [1.82, 2.24) is 24.7 Å². The second-order valence-electron chi connectivity index (χ2n) is 2.71. The predicted molar refractivity (Wildman–Crippen MR) is 53.3 cm³/mol. The molecule has 0 fully saturated rings. The van der Waals surface area contributed by atoms with Gasteiger partial charge in [0.25, 0.3) is 11.8 Å². The van der Waals surface area contributed by atoms with Crippen LogP contribution in [0.2, 0.25) is 5.02 Å². The van der Waals surface area contributed by atoms with Crippen molar-refractivity contribution >= 4 is 17.6 Å². The van der Waals surface area contributed by atoms with E-state index in [0.29, 0.717) is 5.02 Å². The molecule has 16 heavy (non-hydrogen) atoms. The van der Waals surface area contributed by atoms with Gasteiger partial charge in [0.05, 0.1) is 24.5 Å². The van der Waals surface area contributed by atoms with Crippen molar-refractivity contribution in [3.05, 3.63) is 29.6 Å². The molecule has 0 aliphatic heterocycles. The minimum absolute atomic E-state index is 0.0546. The highest BCUT2D eigenvalue weighted by atomic mass is 35.5. The lowest BCUT2D eigenvalue weighted by Crippen LogP contribution is -2.06. The number of rotatable bonds is 2. The molecule has 0 aliphatic rings. The standard InChI is InChI=1S/C8H6ClN5O2/c1-16-7(15)6-12-4-14(13-6)8-10-2-5(9)3-11-8/h2-4H,1H3. The zero-order chi connectivity index (χ0) is 11.5. The molecule has 0 aromatic carbocycles. The van der Waals surface area contributed by atoms with Crippen molar-refractivity contribution < 1.29 is 9.53 Å². The van der Waals surface area contributed by atoms with Crippen LogP contribution in [0.3, 0.4) is 0 Å². The molecular weight excluding hydrogens is 234 g/mol. The third-order valence-electron chi connectivity index (χ3n) is 1.67. The minimum atomic E-state index is -0.618. The van der Waals surface area contributed by atoms with E-state index < -0.39 is 5.97 Å². The van der Waals surface area contributed by atoms with Crippen molar-refractivity contribution in [3.63, 3.8) is 0 Å². The van der Waals surface area contributed by atoms with E-state index in [1.54, 1.807) is 0 Å². The summed E-state index contributed by atoms with van der Waals surface area (Å²) in [5, 5.41) is 4.26. The Labute approximate surface area is 95.1 Å². The first-order chi connectivity index (χ1) is 7.70. The Morgan fingerprint density at radius 3 is 2.69 bits per heavy atom. The Hall–Kier alpha value is -2.02. The largest absolute Gasteiger partial charge is 0.463 e. The molecule has 0 saturated carbocycles. The molecule has 2 aromatic heterocycles. The fourth-order valence-corrected chi connectivity index (χ4v) is 1.07. The zero-order valence-electron chi connectivity index (χ0n) is 8.16. The van der Waals surface area contributed by atoms with Crippen LogP contribution in [0.1, 0.15) is 10.6 Å². The summed E-state index contributed by atoms with van der Waals surface area (Å²) in [6, 6.07) is 0. The average molecular weight is 240 g/mol. The molecule has 0 N–H and O–H groups in total. The van der Waals surface area contributed by atoms with E-state index in [1.807, 2.05) is 0 Å². The molecule has 0 unspecified atom stereocenters. The third-order valence-corrected chi connectivity index (χ3v) is 1.87. The summed E-state index contributed by atoms with van der Waals surface area (Å²) in [6.07, 6.45) is 4.16. The zero-order valence-corrected chi connectivity index (χ0v) is 8.92. The van der Waals surface area contributed by atoms with Gasteiger partial charge in [0.2, 0.25) is 0 Å². The number of methoxy groups -OCH3 is 1. The molecule has 8 heteroatoms. The molecule has 0 spiro atoms. The molecule has 2 rings (SSSR count). The number of carbonyl (C=O) groups excluding carboxylic acids is 1. The van der Waals surface area contributed by atoms with Crippen molar-refractivity contribution in [3.8, 4) is 5.95 Å². The van der Waals surface area contributed by atoms with Crippen LogP contribution in [0.15, 0.2) is 18.7 Å². The van der Waals surface area contributed by atoms with E-state index in [4.69, 9.17) is 11.6 Å². The van der Waals surface area contributed by atoms with Gasteiger partial charge in [-0.3, -0.25) is 0 Å². The highest BCUT2D eigenvalue weighted by Gasteiger charge is 2.12. The summed E-state index contributed by atoms with van der Waals surface area (Å²) in [4.78, 5) is 22.7. The summed E-state index contributed by atoms with van der Waals surface area (Å²) in [6.45, 7) is 0. The van der Waals surface area contributed by atoms with Crippen LogP contribution in [0.4, 0.5) is 0 Å². The Balaban J connectivity index is 2.31. The van der Waals surface area contributed by atoms with Gasteiger partial charge >= 0.3 is 5.97 Å². The molecule has 0 radical (unpaired) electrons. The second kappa shape index (κ2) is 4.23. The Bertz CT molecular complexity index is 509. The molecule has 2 aromatic rings. The van der Waals surface area contributed by atoms with E-state index >= 15 is 0 Å². The number of hydrogen-bond donors (Lipinski definition) is 0. The van der Waals surface area contributed by atoms with E-state index in [-0.39, 0.29) is 11.8 Å². The monoisotopic (exact) mass is 239 g/mol. The Morgan fingerprint density at radius 2 is 2.06 bits per heavy atom. The normalized spacial score (nSPS) is 10.1. The molecular formula is C8H6ClN5O2. The van der Waals surface area contributed by atoms with Crippen LogP contribution in [-0.2, 0) is 4.74 Å². The fourth-order valence-electron chi connectivity index (χ4n) is 0.968. The third kappa shape index (κ3) is 1.98. The quantitative estimate of drug-likeness (QED) is 0.710. The Morgan fingerprint density at radius 1 is 1.38 bits per heavy atom. The van der Waals surface area contributed by atoms with Gasteiger partial charge in [-0.1, -0.05) is 11.6 Å². The van der Waals surface area contributed by atoms with Gasteiger partial charge < -0.3 is 4.74 Å². The highest BCUT2D eigenvalue weighted by molar-refractivity contribution is 6.30. The molecule has 7 nitrogen and oxygen atoms in total. The van der Waals surface area contributed by atoms with Gasteiger partial charge in [0.15, 0.2) is 0 Å². The van der Waals surface area contributed by atoms with Gasteiger partial charge in [-0.2, -0.15) is 4.68 Å². The summed E-state index contributed by atoms with van der Waals surface area (Å²) >= 11 is 5.63. The van der Waals surface area contributed by atoms with Crippen LogP contribution in [0.5, 0.6) is 0 Å². The molecule has 0 atom stereocenters. The van der Waals surface area contributed by atoms with Gasteiger partial charge in [0.1, 0.15) is 6.33 Å². The molecule has 0 bridgehead atoms. The van der Waals surface area contributed by atoms with Gasteiger partial charge in [0, 0.05) is 0 Å². The smallest absolute Gasteiger partial charge is 0.377 e. The first-order valence-corrected chi connectivity index (χ1v) is 4.56. The summed E-state index contributed by atoms with van der Waals surface area (Å²) in [5.74, 6) is -0.402. The van der Waals surface area contributed by atoms with Crippen molar-refractivity contribution in [1.29, 1.82) is 0 Å². The van der Waals surface area contributed by atoms with E-state index in [2.05, 4.69) is 24.8 Å². The molecule has 0 amide bonds. The van der Waals surface area contributed by atoms with Gasteiger partial charge in [-0.05, 0) is 0 Å². The van der Waals surface area contributed by atoms with Gasteiger partial charge in [-0.15, -0.1) is 5.10 Å². The number of ether oxygens (including phenoxy) is 1. The van der Waals surface area contributed by atoms with Crippen LogP contribution >= 0.6 is 11.6 Å². The van der Waals surface area contributed by atoms with Crippen molar-refractivity contribution in [2.75, 3.05) is 7.11 Å². The topological polar surface area (TPSA) is 82.8 Å². The van der Waals surface area contributed by atoms with E-state index in [0.717, 1.165) is 0 Å². The summed E-state index contributed by atoms with van der Waals surface area (Å²) < 4.78 is 5.72. The number of aromatic nitrogens is 5. The number of carbonyl (C=O) groups is 1. The lowest BCUT2D eigenvalue weighted by Gasteiger charge is -1.96. The summed E-state index contributed by atoms with van der Waals surface area (Å²) in [5.41, 5.74) is 0. The van der Waals surface area contributed by atoms with Crippen LogP contribution in [-0.4, -0.2) is 37.8 Å². The van der Waals surface area contributed by atoms with Gasteiger partial charge in [-0.25, -0.2) is 19.7 Å². The maximum Gasteiger partial charge on any atom is 0.377 e. The second-order valence-corrected chi connectivity index (χ2v) is 3.14. The number of hydrogen-bond acceptors (Lipinski definition) is 6. The first-order valence-electron chi connectivity index (χ1n) is 4.18. The molecule has 0 aliphatic carbocycles. The average Bonchev–Trinajstić information content (AvgIpc) is 2.78. The van der Waals surface area contributed by atoms with E-state index in [9.17, 15) is 4.79 Å².